The number of non-ortho nitro benzene ring substituents is 1. The fourth-order valence-corrected chi connectivity index (χ4v) is 1.70. The molecule has 9 nitrogen and oxygen atoms in total. The van der Waals surface area contributed by atoms with E-state index in [1.807, 2.05) is 0 Å². The van der Waals surface area contributed by atoms with E-state index in [0.717, 1.165) is 0 Å². The van der Waals surface area contributed by atoms with Crippen LogP contribution in [-0.2, 0) is 14.4 Å². The molecular formula is C14H17N3O6. The Kier molecular flexibility index (Phi) is 6.66. The number of aliphatic carboxylic acids is 1. The minimum atomic E-state index is -0.984. The number of hydrogen-bond donors (Lipinski definition) is 3. The topological polar surface area (TPSA) is 139 Å². The van der Waals surface area contributed by atoms with Crippen LogP contribution in [0.25, 0.3) is 0 Å². The minimum Gasteiger partial charge on any atom is -0.481 e. The summed E-state index contributed by atoms with van der Waals surface area (Å²) < 4.78 is 0. The Morgan fingerprint density at radius 2 is 1.83 bits per heavy atom. The van der Waals surface area contributed by atoms with Crippen LogP contribution in [0, 0.1) is 10.1 Å². The van der Waals surface area contributed by atoms with Gasteiger partial charge in [0.2, 0.25) is 11.8 Å². The van der Waals surface area contributed by atoms with Gasteiger partial charge in [-0.05, 0) is 25.5 Å². The highest BCUT2D eigenvalue weighted by Crippen LogP contribution is 2.15. The molecule has 9 heteroatoms. The van der Waals surface area contributed by atoms with Crippen molar-refractivity contribution in [2.45, 2.75) is 32.2 Å². The van der Waals surface area contributed by atoms with E-state index < -0.39 is 28.7 Å². The molecule has 3 N–H and O–H groups in total. The molecule has 1 rings (SSSR count). The van der Waals surface area contributed by atoms with E-state index in [0.29, 0.717) is 5.69 Å². The van der Waals surface area contributed by atoms with E-state index >= 15 is 0 Å². The van der Waals surface area contributed by atoms with Crippen LogP contribution in [0.15, 0.2) is 24.3 Å². The molecule has 0 aliphatic heterocycles. The molecule has 0 fully saturated rings. The first-order valence-electron chi connectivity index (χ1n) is 6.86. The number of nitro groups is 1. The number of hydrogen-bond acceptors (Lipinski definition) is 5. The van der Waals surface area contributed by atoms with Crippen molar-refractivity contribution in [3.63, 3.8) is 0 Å². The van der Waals surface area contributed by atoms with Crippen LogP contribution in [0.3, 0.4) is 0 Å². The lowest BCUT2D eigenvalue weighted by atomic mass is 10.2. The molecule has 1 atom stereocenters. The molecular weight excluding hydrogens is 306 g/mol. The fourth-order valence-electron chi connectivity index (χ4n) is 1.70. The summed E-state index contributed by atoms with van der Waals surface area (Å²) in [4.78, 5) is 43.8. The number of benzene rings is 1. The number of carboxylic acid groups (broad SMARTS) is 1. The molecule has 23 heavy (non-hydrogen) atoms. The first-order chi connectivity index (χ1) is 10.8. The molecule has 0 saturated heterocycles. The Morgan fingerprint density at radius 1 is 1.22 bits per heavy atom. The van der Waals surface area contributed by atoms with Crippen LogP contribution < -0.4 is 10.6 Å². The summed E-state index contributed by atoms with van der Waals surface area (Å²) in [6, 6.07) is 4.47. The molecule has 0 heterocycles. The highest BCUT2D eigenvalue weighted by molar-refractivity contribution is 5.96. The third-order valence-electron chi connectivity index (χ3n) is 2.91. The van der Waals surface area contributed by atoms with Crippen molar-refractivity contribution in [2.75, 3.05) is 5.32 Å². The van der Waals surface area contributed by atoms with Gasteiger partial charge in [-0.25, -0.2) is 0 Å². The molecule has 0 aliphatic carbocycles. The molecule has 1 aromatic rings. The molecule has 0 saturated carbocycles. The molecule has 0 unspecified atom stereocenters. The molecule has 0 radical (unpaired) electrons. The van der Waals surface area contributed by atoms with Gasteiger partial charge in [0.1, 0.15) is 6.04 Å². The molecule has 124 valence electrons. The van der Waals surface area contributed by atoms with Crippen LogP contribution in [0.4, 0.5) is 11.4 Å². The van der Waals surface area contributed by atoms with E-state index in [-0.39, 0.29) is 24.9 Å². The Hall–Kier alpha value is -2.97. The van der Waals surface area contributed by atoms with Crippen LogP contribution >= 0.6 is 0 Å². The predicted octanol–water partition coefficient (Wildman–Crippen LogP) is 1.29. The SMILES string of the molecule is C[C@H](NC(=O)CCCC(=O)O)C(=O)Nc1ccc([N+](=O)[O-])cc1. The van der Waals surface area contributed by atoms with Crippen LogP contribution in [0.5, 0.6) is 0 Å². The quantitative estimate of drug-likeness (QED) is 0.486. The normalized spacial score (nSPS) is 11.3. The number of nitrogens with one attached hydrogen (secondary N) is 2. The second kappa shape index (κ2) is 8.47. The van der Waals surface area contributed by atoms with Crippen molar-refractivity contribution in [3.8, 4) is 0 Å². The largest absolute Gasteiger partial charge is 0.481 e. The van der Waals surface area contributed by atoms with Gasteiger partial charge in [0, 0.05) is 30.7 Å². The highest BCUT2D eigenvalue weighted by Gasteiger charge is 2.16. The smallest absolute Gasteiger partial charge is 0.303 e. The van der Waals surface area contributed by atoms with Gasteiger partial charge >= 0.3 is 5.97 Å². The van der Waals surface area contributed by atoms with Crippen molar-refractivity contribution in [2.24, 2.45) is 0 Å². The molecule has 0 bridgehead atoms. The first-order valence-corrected chi connectivity index (χ1v) is 6.86. The highest BCUT2D eigenvalue weighted by atomic mass is 16.6. The lowest BCUT2D eigenvalue weighted by Crippen LogP contribution is -2.41. The number of nitrogens with zero attached hydrogens (tertiary/aromatic N) is 1. The van der Waals surface area contributed by atoms with Gasteiger partial charge in [0.05, 0.1) is 4.92 Å². The van der Waals surface area contributed by atoms with Crippen molar-refractivity contribution in [3.05, 3.63) is 34.4 Å². The zero-order valence-electron chi connectivity index (χ0n) is 12.4. The van der Waals surface area contributed by atoms with E-state index in [1.54, 1.807) is 0 Å². The summed E-state index contributed by atoms with van der Waals surface area (Å²) in [6.45, 7) is 1.48. The maximum atomic E-state index is 11.9. The summed E-state index contributed by atoms with van der Waals surface area (Å²) in [5, 5.41) is 24.0. The third kappa shape index (κ3) is 6.55. The Balaban J connectivity index is 2.45. The predicted molar refractivity (Wildman–Crippen MR) is 80.8 cm³/mol. The Labute approximate surface area is 131 Å². The molecule has 1 aromatic carbocycles. The van der Waals surface area contributed by atoms with Crippen molar-refractivity contribution >= 4 is 29.2 Å². The van der Waals surface area contributed by atoms with Crippen LogP contribution in [-0.4, -0.2) is 33.9 Å². The molecule has 0 spiro atoms. The number of amides is 2. The number of anilines is 1. The van der Waals surface area contributed by atoms with Gasteiger partial charge in [-0.15, -0.1) is 0 Å². The average Bonchev–Trinajstić information content (AvgIpc) is 2.47. The number of carbonyl (C=O) groups excluding carboxylic acids is 2. The lowest BCUT2D eigenvalue weighted by molar-refractivity contribution is -0.384. The number of carboxylic acids is 1. The van der Waals surface area contributed by atoms with Gasteiger partial charge in [0.25, 0.3) is 5.69 Å². The first kappa shape index (κ1) is 18.1. The summed E-state index contributed by atoms with van der Waals surface area (Å²) in [7, 11) is 0. The van der Waals surface area contributed by atoms with E-state index in [4.69, 9.17) is 5.11 Å². The van der Waals surface area contributed by atoms with Gasteiger partial charge in [-0.3, -0.25) is 24.5 Å². The monoisotopic (exact) mass is 323 g/mol. The summed E-state index contributed by atoms with van der Waals surface area (Å²) in [6.07, 6.45) is 0.0934. The molecule has 0 aromatic heterocycles. The molecule has 2 amide bonds. The van der Waals surface area contributed by atoms with E-state index in [2.05, 4.69) is 10.6 Å². The van der Waals surface area contributed by atoms with Crippen molar-refractivity contribution in [1.29, 1.82) is 0 Å². The van der Waals surface area contributed by atoms with Gasteiger partial charge in [-0.1, -0.05) is 0 Å². The van der Waals surface area contributed by atoms with E-state index in [9.17, 15) is 24.5 Å². The van der Waals surface area contributed by atoms with Crippen LogP contribution in [0.2, 0.25) is 0 Å². The second-order valence-electron chi connectivity index (χ2n) is 4.83. The van der Waals surface area contributed by atoms with Crippen LogP contribution in [0.1, 0.15) is 26.2 Å². The number of carbonyl (C=O) groups is 3. The maximum Gasteiger partial charge on any atom is 0.303 e. The summed E-state index contributed by atoms with van der Waals surface area (Å²) >= 11 is 0. The van der Waals surface area contributed by atoms with Gasteiger partial charge in [0.15, 0.2) is 0 Å². The van der Waals surface area contributed by atoms with Crippen molar-refractivity contribution in [1.82, 2.24) is 5.32 Å². The standard InChI is InChI=1S/C14H17N3O6/c1-9(15-12(18)3-2-4-13(19)20)14(21)16-10-5-7-11(8-6-10)17(22)23/h5-9H,2-4H2,1H3,(H,15,18)(H,16,21)(H,19,20)/t9-/m0/s1. The zero-order valence-corrected chi connectivity index (χ0v) is 12.4. The summed E-state index contributed by atoms with van der Waals surface area (Å²) in [5.74, 6) is -1.88. The van der Waals surface area contributed by atoms with E-state index in [1.165, 1.54) is 31.2 Å². The van der Waals surface area contributed by atoms with Gasteiger partial charge < -0.3 is 15.7 Å². The maximum absolute atomic E-state index is 11.9. The average molecular weight is 323 g/mol. The van der Waals surface area contributed by atoms with Crippen molar-refractivity contribution < 1.29 is 24.4 Å². The Bertz CT molecular complexity index is 599. The second-order valence-corrected chi connectivity index (χ2v) is 4.83. The summed E-state index contributed by atoms with van der Waals surface area (Å²) in [5.41, 5.74) is 0.273. The minimum absolute atomic E-state index is 0.0153. The third-order valence-corrected chi connectivity index (χ3v) is 2.91. The zero-order chi connectivity index (χ0) is 17.4. The lowest BCUT2D eigenvalue weighted by Gasteiger charge is -2.14. The number of rotatable bonds is 8. The van der Waals surface area contributed by atoms with Gasteiger partial charge in [-0.2, -0.15) is 0 Å². The molecule has 0 aliphatic rings. The fraction of sp³-hybridized carbons (Fsp3) is 0.357. The Morgan fingerprint density at radius 3 is 2.35 bits per heavy atom. The number of nitro benzene ring substituents is 1.